The highest BCUT2D eigenvalue weighted by molar-refractivity contribution is 6.03. The van der Waals surface area contributed by atoms with E-state index in [1.165, 1.54) is 12.3 Å². The smallest absolute Gasteiger partial charge is 0.261 e. The van der Waals surface area contributed by atoms with Crippen LogP contribution in [-0.4, -0.2) is 20.7 Å². The Kier molecular flexibility index (Phi) is 3.25. The summed E-state index contributed by atoms with van der Waals surface area (Å²) in [6.07, 6.45) is 4.77. The van der Waals surface area contributed by atoms with Gasteiger partial charge in [-0.2, -0.15) is 5.10 Å². The molecule has 0 saturated carbocycles. The van der Waals surface area contributed by atoms with E-state index in [0.717, 1.165) is 0 Å². The molecule has 0 aliphatic heterocycles. The maximum Gasteiger partial charge on any atom is 0.261 e. The van der Waals surface area contributed by atoms with E-state index in [1.807, 2.05) is 20.8 Å². The summed E-state index contributed by atoms with van der Waals surface area (Å²) in [5.41, 5.74) is 0.0603. The van der Waals surface area contributed by atoms with E-state index in [0.29, 0.717) is 5.69 Å². The first-order valence-corrected chi connectivity index (χ1v) is 5.92. The number of anilines is 1. The molecule has 2 heterocycles. The van der Waals surface area contributed by atoms with E-state index in [4.69, 9.17) is 0 Å². The Labute approximate surface area is 110 Å². The van der Waals surface area contributed by atoms with Crippen LogP contribution in [0.1, 0.15) is 31.1 Å². The number of aromatic amines is 1. The fraction of sp³-hybridized carbons (Fsp3) is 0.308. The van der Waals surface area contributed by atoms with Gasteiger partial charge in [-0.15, -0.1) is 0 Å². The van der Waals surface area contributed by atoms with Crippen LogP contribution in [0.3, 0.4) is 0 Å². The molecule has 0 bridgehead atoms. The third-order valence-corrected chi connectivity index (χ3v) is 2.59. The van der Waals surface area contributed by atoms with Gasteiger partial charge < -0.3 is 10.3 Å². The van der Waals surface area contributed by atoms with Crippen LogP contribution in [0.25, 0.3) is 0 Å². The summed E-state index contributed by atoms with van der Waals surface area (Å²) in [5, 5.41) is 6.82. The first-order chi connectivity index (χ1) is 8.88. The van der Waals surface area contributed by atoms with Gasteiger partial charge in [0.15, 0.2) is 0 Å². The van der Waals surface area contributed by atoms with Gasteiger partial charge in [-0.25, -0.2) is 0 Å². The molecule has 0 atom stereocenters. The Morgan fingerprint density at radius 2 is 2.16 bits per heavy atom. The normalized spacial score (nSPS) is 11.3. The van der Waals surface area contributed by atoms with Crippen LogP contribution >= 0.6 is 0 Å². The summed E-state index contributed by atoms with van der Waals surface area (Å²) in [6.45, 7) is 6.02. The predicted octanol–water partition coefficient (Wildman–Crippen LogP) is 1.58. The lowest BCUT2D eigenvalue weighted by atomic mass is 10.1. The van der Waals surface area contributed by atoms with Gasteiger partial charge in [-0.05, 0) is 32.9 Å². The zero-order valence-electron chi connectivity index (χ0n) is 11.1. The second kappa shape index (κ2) is 4.72. The molecule has 6 heteroatoms. The molecule has 0 aromatic carbocycles. The molecule has 6 nitrogen and oxygen atoms in total. The Hall–Kier alpha value is -2.37. The summed E-state index contributed by atoms with van der Waals surface area (Å²) in [6, 6.07) is 3.08. The highest BCUT2D eigenvalue weighted by atomic mass is 16.2. The molecule has 100 valence electrons. The van der Waals surface area contributed by atoms with Crippen molar-refractivity contribution in [3.05, 3.63) is 46.6 Å². The zero-order valence-corrected chi connectivity index (χ0v) is 11.1. The number of rotatable bonds is 2. The average Bonchev–Trinajstić information content (AvgIpc) is 2.77. The molecule has 0 unspecified atom stereocenters. The quantitative estimate of drug-likeness (QED) is 0.860. The highest BCUT2D eigenvalue weighted by Crippen LogP contribution is 2.16. The minimum Gasteiger partial charge on any atom is -0.328 e. The van der Waals surface area contributed by atoms with Gasteiger partial charge in [0.1, 0.15) is 5.56 Å². The Balaban J connectivity index is 2.19. The summed E-state index contributed by atoms with van der Waals surface area (Å²) in [5.74, 6) is -0.449. The molecule has 2 aromatic heterocycles. The van der Waals surface area contributed by atoms with Gasteiger partial charge in [0, 0.05) is 12.4 Å². The van der Waals surface area contributed by atoms with E-state index >= 15 is 0 Å². The monoisotopic (exact) mass is 260 g/mol. The van der Waals surface area contributed by atoms with Crippen LogP contribution in [-0.2, 0) is 5.54 Å². The fourth-order valence-electron chi connectivity index (χ4n) is 1.55. The number of hydrogen-bond donors (Lipinski definition) is 2. The van der Waals surface area contributed by atoms with Crippen LogP contribution in [0.2, 0.25) is 0 Å². The molecule has 2 aromatic rings. The number of carbonyl (C=O) groups excluding carboxylic acids is 1. The van der Waals surface area contributed by atoms with Crippen LogP contribution in [0, 0.1) is 0 Å². The molecule has 0 spiro atoms. The van der Waals surface area contributed by atoms with Crippen molar-refractivity contribution >= 4 is 11.6 Å². The molecule has 2 N–H and O–H groups in total. The van der Waals surface area contributed by atoms with Crippen molar-refractivity contribution in [2.24, 2.45) is 0 Å². The number of nitrogens with zero attached hydrogens (tertiary/aromatic N) is 2. The van der Waals surface area contributed by atoms with Crippen LogP contribution in [0.5, 0.6) is 0 Å². The third kappa shape index (κ3) is 2.90. The molecule has 0 fully saturated rings. The molecular weight excluding hydrogens is 244 g/mol. The molecule has 0 radical (unpaired) electrons. The molecule has 0 saturated heterocycles. The Bertz CT molecular complexity index is 649. The van der Waals surface area contributed by atoms with Gasteiger partial charge in [0.25, 0.3) is 11.5 Å². The summed E-state index contributed by atoms with van der Waals surface area (Å²) >= 11 is 0. The number of amides is 1. The maximum absolute atomic E-state index is 11.9. The molecule has 1 amide bonds. The molecule has 0 aliphatic rings. The van der Waals surface area contributed by atoms with E-state index in [2.05, 4.69) is 15.4 Å². The van der Waals surface area contributed by atoms with Gasteiger partial charge in [0.2, 0.25) is 0 Å². The molecule has 2 rings (SSSR count). The molecule has 19 heavy (non-hydrogen) atoms. The van der Waals surface area contributed by atoms with Crippen LogP contribution in [0.15, 0.2) is 35.5 Å². The number of carbonyl (C=O) groups is 1. The van der Waals surface area contributed by atoms with E-state index in [1.54, 1.807) is 23.1 Å². The number of nitrogens with one attached hydrogen (secondary N) is 2. The second-order valence-electron chi connectivity index (χ2n) is 5.21. The Morgan fingerprint density at radius 3 is 2.74 bits per heavy atom. The third-order valence-electron chi connectivity index (χ3n) is 2.59. The predicted molar refractivity (Wildman–Crippen MR) is 72.2 cm³/mol. The van der Waals surface area contributed by atoms with Gasteiger partial charge >= 0.3 is 0 Å². The van der Waals surface area contributed by atoms with Gasteiger partial charge in [-0.3, -0.25) is 14.3 Å². The lowest BCUT2D eigenvalue weighted by Crippen LogP contribution is -2.23. The minimum absolute atomic E-state index is 0.0750. The lowest BCUT2D eigenvalue weighted by Gasteiger charge is -2.18. The summed E-state index contributed by atoms with van der Waals surface area (Å²) in [4.78, 5) is 25.9. The van der Waals surface area contributed by atoms with Crippen molar-refractivity contribution < 1.29 is 4.79 Å². The number of hydrogen-bond acceptors (Lipinski definition) is 3. The molecular formula is C13H16N4O2. The van der Waals surface area contributed by atoms with Crippen LogP contribution in [0.4, 0.5) is 5.69 Å². The first-order valence-electron chi connectivity index (χ1n) is 5.92. The van der Waals surface area contributed by atoms with E-state index in [-0.39, 0.29) is 11.1 Å². The first kappa shape index (κ1) is 13.1. The topological polar surface area (TPSA) is 79.8 Å². The highest BCUT2D eigenvalue weighted by Gasteiger charge is 2.16. The Morgan fingerprint density at radius 1 is 1.42 bits per heavy atom. The average molecular weight is 260 g/mol. The van der Waals surface area contributed by atoms with Crippen molar-refractivity contribution in [2.75, 3.05) is 5.32 Å². The van der Waals surface area contributed by atoms with E-state index in [9.17, 15) is 9.59 Å². The SMILES string of the molecule is CC(C)(C)n1cc(NC(=O)c2ccc[nH]c2=O)cn1. The second-order valence-corrected chi connectivity index (χ2v) is 5.21. The number of H-pyrrole nitrogens is 1. The zero-order chi connectivity index (χ0) is 14.0. The van der Waals surface area contributed by atoms with Crippen molar-refractivity contribution in [3.8, 4) is 0 Å². The van der Waals surface area contributed by atoms with Gasteiger partial charge in [-0.1, -0.05) is 0 Å². The summed E-state index contributed by atoms with van der Waals surface area (Å²) < 4.78 is 1.75. The van der Waals surface area contributed by atoms with Crippen molar-refractivity contribution in [2.45, 2.75) is 26.3 Å². The maximum atomic E-state index is 11.9. The minimum atomic E-state index is -0.449. The van der Waals surface area contributed by atoms with Crippen molar-refractivity contribution in [3.63, 3.8) is 0 Å². The number of pyridine rings is 1. The van der Waals surface area contributed by atoms with Crippen molar-refractivity contribution in [1.82, 2.24) is 14.8 Å². The largest absolute Gasteiger partial charge is 0.328 e. The van der Waals surface area contributed by atoms with Crippen LogP contribution < -0.4 is 10.9 Å². The molecule has 0 aliphatic carbocycles. The summed E-state index contributed by atoms with van der Waals surface area (Å²) in [7, 11) is 0. The lowest BCUT2D eigenvalue weighted by molar-refractivity contribution is 0.102. The standard InChI is InChI=1S/C13H16N4O2/c1-13(2,3)17-8-9(7-15-17)16-12(19)10-5-4-6-14-11(10)18/h4-8H,1-3H3,(H,14,18)(H,16,19). The van der Waals surface area contributed by atoms with Gasteiger partial charge in [0.05, 0.1) is 17.4 Å². The van der Waals surface area contributed by atoms with E-state index < -0.39 is 11.5 Å². The van der Waals surface area contributed by atoms with Crippen molar-refractivity contribution in [1.29, 1.82) is 0 Å². The fourth-order valence-corrected chi connectivity index (χ4v) is 1.55. The number of aromatic nitrogens is 3.